The van der Waals surface area contributed by atoms with Crippen molar-refractivity contribution >= 4 is 13.4 Å². The summed E-state index contributed by atoms with van der Waals surface area (Å²) in [4.78, 5) is 12.4. The Morgan fingerprint density at radius 2 is 1.68 bits per heavy atom. The van der Waals surface area contributed by atoms with Gasteiger partial charge in [-0.1, -0.05) is 50.1 Å². The van der Waals surface area contributed by atoms with Gasteiger partial charge >= 0.3 is 7.60 Å². The lowest BCUT2D eigenvalue weighted by atomic mass is 10.0. The van der Waals surface area contributed by atoms with E-state index in [4.69, 9.17) is 9.05 Å². The largest absolute Gasteiger partial charge is 0.334 e. The smallest absolute Gasteiger partial charge is 0.309 e. The molecule has 0 saturated carbocycles. The molecule has 0 fully saturated rings. The first kappa shape index (κ1) is 19.1. The van der Waals surface area contributed by atoms with Crippen molar-refractivity contribution in [3.8, 4) is 0 Å². The van der Waals surface area contributed by atoms with Crippen molar-refractivity contribution < 1.29 is 18.4 Å². The van der Waals surface area contributed by atoms with Crippen LogP contribution in [0.25, 0.3) is 0 Å². The van der Waals surface area contributed by atoms with Crippen molar-refractivity contribution in [2.45, 2.75) is 52.1 Å². The monoisotopic (exact) mass is 326 g/mol. The number of carbonyl (C=O) groups is 1. The molecule has 0 saturated heterocycles. The van der Waals surface area contributed by atoms with Gasteiger partial charge in [-0.2, -0.15) is 0 Å². The number of benzene rings is 1. The molecule has 0 heterocycles. The highest BCUT2D eigenvalue weighted by Crippen LogP contribution is 2.56. The molecule has 22 heavy (non-hydrogen) atoms. The predicted molar refractivity (Wildman–Crippen MR) is 89.6 cm³/mol. The van der Waals surface area contributed by atoms with Gasteiger partial charge in [-0.3, -0.25) is 9.36 Å². The molecule has 1 aromatic carbocycles. The normalized spacial score (nSPS) is 13.0. The third kappa shape index (κ3) is 5.68. The lowest BCUT2D eigenvalue weighted by molar-refractivity contribution is 0.0972. The van der Waals surface area contributed by atoms with Crippen LogP contribution in [0.3, 0.4) is 0 Å². The molecule has 5 heteroatoms. The molecule has 1 rings (SSSR count). The van der Waals surface area contributed by atoms with Gasteiger partial charge in [0.25, 0.3) is 0 Å². The first-order valence-electron chi connectivity index (χ1n) is 8.04. The number of Topliss-reactive ketones (excluding diaryl/α,β-unsaturated/α-hetero) is 1. The molecule has 0 aliphatic carbocycles. The van der Waals surface area contributed by atoms with Crippen LogP contribution in [-0.2, 0) is 13.6 Å². The van der Waals surface area contributed by atoms with Crippen LogP contribution in [0.1, 0.15) is 56.8 Å². The molecule has 0 amide bonds. The van der Waals surface area contributed by atoms with Crippen LogP contribution in [0.15, 0.2) is 30.3 Å². The molecule has 0 spiro atoms. The molecule has 0 aliphatic rings. The lowest BCUT2D eigenvalue weighted by Gasteiger charge is -2.26. The maximum atomic E-state index is 13.0. The van der Waals surface area contributed by atoms with E-state index in [9.17, 15) is 9.36 Å². The minimum absolute atomic E-state index is 0.0127. The number of rotatable bonds is 11. The van der Waals surface area contributed by atoms with E-state index in [0.29, 0.717) is 25.2 Å². The van der Waals surface area contributed by atoms with Crippen molar-refractivity contribution in [1.29, 1.82) is 0 Å². The van der Waals surface area contributed by atoms with Crippen LogP contribution >= 0.6 is 7.60 Å². The van der Waals surface area contributed by atoms with Crippen LogP contribution in [0.2, 0.25) is 0 Å². The molecule has 0 aliphatic heterocycles. The average Bonchev–Trinajstić information content (AvgIpc) is 2.52. The number of unbranched alkanes of at least 4 members (excludes halogenated alkanes) is 1. The zero-order valence-corrected chi connectivity index (χ0v) is 14.7. The van der Waals surface area contributed by atoms with Crippen molar-refractivity contribution in [2.24, 2.45) is 0 Å². The van der Waals surface area contributed by atoms with Gasteiger partial charge in [-0.25, -0.2) is 0 Å². The van der Waals surface area contributed by atoms with Gasteiger partial charge in [-0.05, 0) is 20.3 Å². The highest BCUT2D eigenvalue weighted by Gasteiger charge is 2.36. The number of hydrogen-bond acceptors (Lipinski definition) is 4. The summed E-state index contributed by atoms with van der Waals surface area (Å²) in [6, 6.07) is 9.10. The molecule has 4 nitrogen and oxygen atoms in total. The second kappa shape index (κ2) is 9.94. The molecule has 0 aromatic heterocycles. The highest BCUT2D eigenvalue weighted by molar-refractivity contribution is 7.54. The highest BCUT2D eigenvalue weighted by atomic mass is 31.2. The summed E-state index contributed by atoms with van der Waals surface area (Å²) >= 11 is 0. The first-order valence-corrected chi connectivity index (χ1v) is 9.65. The van der Waals surface area contributed by atoms with Crippen LogP contribution < -0.4 is 0 Å². The second-order valence-corrected chi connectivity index (χ2v) is 7.49. The quantitative estimate of drug-likeness (QED) is 0.420. The maximum absolute atomic E-state index is 13.0. The summed E-state index contributed by atoms with van der Waals surface area (Å²) in [5.74, 6) is -0.0127. The minimum atomic E-state index is -3.25. The van der Waals surface area contributed by atoms with E-state index in [-0.39, 0.29) is 17.9 Å². The summed E-state index contributed by atoms with van der Waals surface area (Å²) in [6.45, 7) is 6.30. The van der Waals surface area contributed by atoms with Gasteiger partial charge in [0.05, 0.1) is 18.9 Å². The zero-order valence-electron chi connectivity index (χ0n) is 13.8. The summed E-state index contributed by atoms with van der Waals surface area (Å²) < 4.78 is 23.9. The van der Waals surface area contributed by atoms with Crippen LogP contribution in [0, 0.1) is 0 Å². The fourth-order valence-electron chi connectivity index (χ4n) is 2.38. The lowest BCUT2D eigenvalue weighted by Crippen LogP contribution is -2.18. The topological polar surface area (TPSA) is 52.6 Å². The number of ketones is 1. The van der Waals surface area contributed by atoms with E-state index >= 15 is 0 Å². The van der Waals surface area contributed by atoms with E-state index in [2.05, 4.69) is 6.92 Å². The van der Waals surface area contributed by atoms with E-state index in [1.165, 1.54) is 0 Å². The van der Waals surface area contributed by atoms with E-state index < -0.39 is 7.60 Å². The van der Waals surface area contributed by atoms with Crippen LogP contribution in [0.4, 0.5) is 0 Å². The molecular weight excluding hydrogens is 299 g/mol. The molecule has 124 valence electrons. The standard InChI is InChI=1S/C17H27O4P/c1-4-7-13-16(22(19,20-5-2)21-6-3)14-17(18)15-11-9-8-10-12-15/h8-12,16H,4-7,13-14H2,1-3H3. The Kier molecular flexibility index (Phi) is 8.62. The fraction of sp³-hybridized carbons (Fsp3) is 0.588. The van der Waals surface area contributed by atoms with Crippen molar-refractivity contribution in [3.05, 3.63) is 35.9 Å². The van der Waals surface area contributed by atoms with Crippen molar-refractivity contribution in [2.75, 3.05) is 13.2 Å². The Morgan fingerprint density at radius 3 is 2.18 bits per heavy atom. The van der Waals surface area contributed by atoms with Gasteiger partial charge in [0.1, 0.15) is 0 Å². The third-order valence-corrected chi connectivity index (χ3v) is 6.04. The van der Waals surface area contributed by atoms with Gasteiger partial charge in [0, 0.05) is 12.0 Å². The predicted octanol–water partition coefficient (Wildman–Crippen LogP) is 5.08. The summed E-state index contributed by atoms with van der Waals surface area (Å²) in [5.41, 5.74) is 0.267. The summed E-state index contributed by atoms with van der Waals surface area (Å²) in [7, 11) is -3.25. The molecular formula is C17H27O4P. The van der Waals surface area contributed by atoms with Crippen molar-refractivity contribution in [3.63, 3.8) is 0 Å². The van der Waals surface area contributed by atoms with E-state index in [1.54, 1.807) is 26.0 Å². The fourth-order valence-corrected chi connectivity index (χ4v) is 4.48. The van der Waals surface area contributed by atoms with Gasteiger partial charge in [0.2, 0.25) is 0 Å². The van der Waals surface area contributed by atoms with E-state index in [0.717, 1.165) is 12.8 Å². The Bertz CT molecular complexity index is 477. The Hall–Kier alpha value is -0.960. The van der Waals surface area contributed by atoms with Crippen LogP contribution in [-0.4, -0.2) is 24.7 Å². The summed E-state index contributed by atoms with van der Waals surface area (Å²) in [5, 5.41) is 0. The van der Waals surface area contributed by atoms with Gasteiger partial charge in [-0.15, -0.1) is 0 Å². The average molecular weight is 326 g/mol. The van der Waals surface area contributed by atoms with E-state index in [1.807, 2.05) is 18.2 Å². The maximum Gasteiger partial charge on any atom is 0.334 e. The van der Waals surface area contributed by atoms with Crippen molar-refractivity contribution in [1.82, 2.24) is 0 Å². The molecule has 1 atom stereocenters. The minimum Gasteiger partial charge on any atom is -0.309 e. The molecule has 1 unspecified atom stereocenters. The number of carbonyl (C=O) groups excluding carboxylic acids is 1. The Morgan fingerprint density at radius 1 is 1.09 bits per heavy atom. The molecule has 0 bridgehead atoms. The third-order valence-electron chi connectivity index (χ3n) is 3.47. The Labute approximate surface area is 133 Å². The summed E-state index contributed by atoms with van der Waals surface area (Å²) in [6.07, 6.45) is 2.75. The van der Waals surface area contributed by atoms with Gasteiger partial charge in [0.15, 0.2) is 5.78 Å². The SMILES string of the molecule is CCCCC(CC(=O)c1ccccc1)P(=O)(OCC)OCC. The molecule has 1 aromatic rings. The first-order chi connectivity index (χ1) is 10.6. The zero-order chi connectivity index (χ0) is 16.4. The van der Waals surface area contributed by atoms with Gasteiger partial charge < -0.3 is 9.05 Å². The molecule has 0 N–H and O–H groups in total. The second-order valence-electron chi connectivity index (χ2n) is 5.16. The van der Waals surface area contributed by atoms with Crippen LogP contribution in [0.5, 0.6) is 0 Å². The number of hydrogen-bond donors (Lipinski definition) is 0. The molecule has 0 radical (unpaired) electrons. The Balaban J connectivity index is 2.91.